The molecule has 1 aliphatic carbocycles. The number of anilines is 4. The standard InChI is InChI=1S/C28H35N9O2/c1-39-25-16-22-23(17-24(25)38)30-18-31-26(22)37-27(29)33-28(34-37)32-19-8-10-21(11-9-19)36-14-12-35(13-15-36)20-6-4-2-3-5-7-20/h8-11,16-18,20,38H,2-7,12-15H2,1H3,(H3,29,32,33,34). The van der Waals surface area contributed by atoms with Gasteiger partial charge in [-0.05, 0) is 43.2 Å². The van der Waals surface area contributed by atoms with Crippen molar-refractivity contribution in [3.8, 4) is 17.3 Å². The second kappa shape index (κ2) is 10.9. The van der Waals surface area contributed by atoms with E-state index in [1.54, 1.807) is 6.07 Å². The van der Waals surface area contributed by atoms with E-state index in [-0.39, 0.29) is 11.7 Å². The van der Waals surface area contributed by atoms with Crippen LogP contribution in [0.4, 0.5) is 23.3 Å². The minimum atomic E-state index is -0.00600. The molecule has 11 heteroatoms. The number of rotatable bonds is 6. The molecule has 0 bridgehead atoms. The highest BCUT2D eigenvalue weighted by Crippen LogP contribution is 2.33. The predicted molar refractivity (Wildman–Crippen MR) is 152 cm³/mol. The lowest BCUT2D eigenvalue weighted by atomic mass is 10.1. The molecule has 204 valence electrons. The van der Waals surface area contributed by atoms with E-state index < -0.39 is 0 Å². The van der Waals surface area contributed by atoms with Gasteiger partial charge in [-0.2, -0.15) is 9.67 Å². The van der Waals surface area contributed by atoms with Gasteiger partial charge in [0.1, 0.15) is 6.33 Å². The molecular weight excluding hydrogens is 494 g/mol. The molecule has 3 heterocycles. The number of methoxy groups -OCH3 is 1. The summed E-state index contributed by atoms with van der Waals surface area (Å²) in [5, 5.41) is 18.5. The molecule has 4 aromatic rings. The molecule has 0 spiro atoms. The van der Waals surface area contributed by atoms with E-state index >= 15 is 0 Å². The molecular formula is C28H35N9O2. The minimum Gasteiger partial charge on any atom is -0.504 e. The average molecular weight is 530 g/mol. The van der Waals surface area contributed by atoms with E-state index in [0.29, 0.717) is 28.4 Å². The van der Waals surface area contributed by atoms with Crippen LogP contribution in [0, 0.1) is 0 Å². The number of nitrogens with zero attached hydrogens (tertiary/aromatic N) is 7. The van der Waals surface area contributed by atoms with E-state index in [9.17, 15) is 5.11 Å². The third kappa shape index (κ3) is 5.26. The number of fused-ring (bicyclic) bond motifs is 1. The molecule has 6 rings (SSSR count). The molecule has 0 amide bonds. The number of phenols is 1. The van der Waals surface area contributed by atoms with Crippen molar-refractivity contribution in [2.24, 2.45) is 0 Å². The summed E-state index contributed by atoms with van der Waals surface area (Å²) in [4.78, 5) is 18.2. The number of hydrogen-bond acceptors (Lipinski definition) is 10. The van der Waals surface area contributed by atoms with E-state index in [1.807, 2.05) is 12.1 Å². The summed E-state index contributed by atoms with van der Waals surface area (Å²) in [7, 11) is 1.49. The molecule has 4 N–H and O–H groups in total. The van der Waals surface area contributed by atoms with E-state index in [4.69, 9.17) is 10.5 Å². The highest BCUT2D eigenvalue weighted by molar-refractivity contribution is 5.88. The van der Waals surface area contributed by atoms with Crippen LogP contribution >= 0.6 is 0 Å². The Hall–Kier alpha value is -4.12. The number of benzene rings is 2. The molecule has 2 fully saturated rings. The molecule has 11 nitrogen and oxygen atoms in total. The zero-order valence-electron chi connectivity index (χ0n) is 22.3. The predicted octanol–water partition coefficient (Wildman–Crippen LogP) is 4.10. The Bertz CT molecular complexity index is 1420. The van der Waals surface area contributed by atoms with Crippen molar-refractivity contribution in [1.29, 1.82) is 0 Å². The Labute approximate surface area is 227 Å². The fraction of sp³-hybridized carbons (Fsp3) is 0.429. The van der Waals surface area contributed by atoms with Gasteiger partial charge in [-0.1, -0.05) is 25.7 Å². The van der Waals surface area contributed by atoms with Crippen molar-refractivity contribution >= 4 is 34.2 Å². The zero-order valence-corrected chi connectivity index (χ0v) is 22.3. The third-order valence-corrected chi connectivity index (χ3v) is 7.89. The summed E-state index contributed by atoms with van der Waals surface area (Å²) in [6.45, 7) is 4.38. The van der Waals surface area contributed by atoms with Crippen molar-refractivity contribution in [3.63, 3.8) is 0 Å². The number of nitrogens with two attached hydrogens (primary N) is 1. The van der Waals surface area contributed by atoms with Gasteiger partial charge >= 0.3 is 0 Å². The Morgan fingerprint density at radius 3 is 2.44 bits per heavy atom. The van der Waals surface area contributed by atoms with Gasteiger partial charge in [0.25, 0.3) is 0 Å². The van der Waals surface area contributed by atoms with Gasteiger partial charge in [-0.3, -0.25) is 4.90 Å². The smallest absolute Gasteiger partial charge is 0.248 e. The molecule has 0 atom stereocenters. The van der Waals surface area contributed by atoms with Crippen LogP contribution in [0.2, 0.25) is 0 Å². The molecule has 1 saturated heterocycles. The first kappa shape index (κ1) is 25.2. The fourth-order valence-corrected chi connectivity index (χ4v) is 5.78. The topological polar surface area (TPSA) is 130 Å². The third-order valence-electron chi connectivity index (χ3n) is 7.89. The first-order valence-corrected chi connectivity index (χ1v) is 13.7. The van der Waals surface area contributed by atoms with Crippen LogP contribution in [-0.4, -0.2) is 74.1 Å². The SMILES string of the molecule is COc1cc2c(-n3nc(Nc4ccc(N5CCN(C6CCCCCC6)CC5)cc4)nc3N)ncnc2cc1O. The van der Waals surface area contributed by atoms with Crippen LogP contribution in [0.15, 0.2) is 42.7 Å². The minimum absolute atomic E-state index is 0.00600. The molecule has 1 aliphatic heterocycles. The second-order valence-corrected chi connectivity index (χ2v) is 10.3. The molecule has 0 unspecified atom stereocenters. The largest absolute Gasteiger partial charge is 0.504 e. The van der Waals surface area contributed by atoms with Crippen LogP contribution in [0.1, 0.15) is 38.5 Å². The fourth-order valence-electron chi connectivity index (χ4n) is 5.78. The number of nitrogens with one attached hydrogen (secondary N) is 1. The average Bonchev–Trinajstić information content (AvgIpc) is 3.13. The maximum Gasteiger partial charge on any atom is 0.248 e. The Morgan fingerprint density at radius 2 is 1.72 bits per heavy atom. The van der Waals surface area contributed by atoms with Crippen LogP contribution in [0.25, 0.3) is 16.7 Å². The summed E-state index contributed by atoms with van der Waals surface area (Å²) in [5.74, 6) is 1.27. The van der Waals surface area contributed by atoms with Gasteiger partial charge < -0.3 is 25.8 Å². The lowest BCUT2D eigenvalue weighted by Gasteiger charge is -2.40. The quantitative estimate of drug-likeness (QED) is 0.314. The van der Waals surface area contributed by atoms with Gasteiger partial charge in [0, 0.05) is 55.0 Å². The van der Waals surface area contributed by atoms with Crippen molar-refractivity contribution in [3.05, 3.63) is 42.7 Å². The molecule has 2 aromatic heterocycles. The van der Waals surface area contributed by atoms with Crippen LogP contribution in [0.5, 0.6) is 11.5 Å². The van der Waals surface area contributed by atoms with Crippen LogP contribution < -0.4 is 20.7 Å². The number of aromatic nitrogens is 5. The van der Waals surface area contributed by atoms with Gasteiger partial charge in [-0.25, -0.2) is 9.97 Å². The summed E-state index contributed by atoms with van der Waals surface area (Å²) in [6.07, 6.45) is 9.68. The summed E-state index contributed by atoms with van der Waals surface area (Å²) in [5.41, 5.74) is 8.84. The maximum absolute atomic E-state index is 10.1. The van der Waals surface area contributed by atoms with Crippen molar-refractivity contribution in [1.82, 2.24) is 29.6 Å². The summed E-state index contributed by atoms with van der Waals surface area (Å²) in [6, 6.07) is 12.3. The number of hydrogen-bond donors (Lipinski definition) is 3. The summed E-state index contributed by atoms with van der Waals surface area (Å²) < 4.78 is 6.70. The highest BCUT2D eigenvalue weighted by Gasteiger charge is 2.24. The molecule has 0 radical (unpaired) electrons. The Kier molecular flexibility index (Phi) is 7.06. The van der Waals surface area contributed by atoms with Crippen molar-refractivity contribution in [2.45, 2.75) is 44.6 Å². The molecule has 1 saturated carbocycles. The van der Waals surface area contributed by atoms with E-state index in [1.165, 1.54) is 68.4 Å². The maximum atomic E-state index is 10.1. The Balaban J connectivity index is 1.13. The first-order chi connectivity index (χ1) is 19.1. The van der Waals surface area contributed by atoms with Crippen LogP contribution in [0.3, 0.4) is 0 Å². The van der Waals surface area contributed by atoms with Crippen molar-refractivity contribution < 1.29 is 9.84 Å². The number of phenolic OH excluding ortho intramolecular Hbond substituents is 1. The summed E-state index contributed by atoms with van der Waals surface area (Å²) >= 11 is 0. The van der Waals surface area contributed by atoms with Gasteiger partial charge in [0.05, 0.1) is 12.6 Å². The van der Waals surface area contributed by atoms with Crippen molar-refractivity contribution in [2.75, 3.05) is 49.2 Å². The number of ether oxygens (including phenoxy) is 1. The van der Waals surface area contributed by atoms with E-state index in [2.05, 4.69) is 47.3 Å². The second-order valence-electron chi connectivity index (χ2n) is 10.3. The van der Waals surface area contributed by atoms with Gasteiger partial charge in [0.2, 0.25) is 11.9 Å². The van der Waals surface area contributed by atoms with E-state index in [0.717, 1.165) is 37.9 Å². The normalized spacial score (nSPS) is 17.3. The highest BCUT2D eigenvalue weighted by atomic mass is 16.5. The molecule has 39 heavy (non-hydrogen) atoms. The monoisotopic (exact) mass is 529 g/mol. The zero-order chi connectivity index (χ0) is 26.8. The number of nitrogen functional groups attached to an aromatic ring is 1. The lowest BCUT2D eigenvalue weighted by Crippen LogP contribution is -2.50. The molecule has 2 aliphatic rings. The number of piperazine rings is 1. The van der Waals surface area contributed by atoms with Gasteiger partial charge in [-0.15, -0.1) is 5.10 Å². The Morgan fingerprint density at radius 1 is 0.974 bits per heavy atom. The van der Waals surface area contributed by atoms with Crippen LogP contribution in [-0.2, 0) is 0 Å². The van der Waals surface area contributed by atoms with Gasteiger partial charge in [0.15, 0.2) is 17.3 Å². The lowest BCUT2D eigenvalue weighted by molar-refractivity contribution is 0.169. The first-order valence-electron chi connectivity index (χ1n) is 13.7. The number of aromatic hydroxyl groups is 1. The molecule has 2 aromatic carbocycles.